The Morgan fingerprint density at radius 2 is 2.05 bits per heavy atom. The lowest BCUT2D eigenvalue weighted by Gasteiger charge is -2.09. The maximum Gasteiger partial charge on any atom is 0.241 e. The van der Waals surface area contributed by atoms with Gasteiger partial charge < -0.3 is 4.52 Å². The molecule has 0 unspecified atom stereocenters. The van der Waals surface area contributed by atoms with Crippen molar-refractivity contribution in [1.82, 2.24) is 9.88 Å². The van der Waals surface area contributed by atoms with Crippen LogP contribution < -0.4 is 4.72 Å². The molecular formula is C14H15N3O3S. The Balaban J connectivity index is 2.29. The highest BCUT2D eigenvalue weighted by Gasteiger charge is 2.19. The van der Waals surface area contributed by atoms with E-state index >= 15 is 0 Å². The van der Waals surface area contributed by atoms with Crippen LogP contribution in [0.1, 0.15) is 28.1 Å². The number of rotatable bonds is 4. The lowest BCUT2D eigenvalue weighted by Crippen LogP contribution is -2.24. The minimum Gasteiger partial charge on any atom is -0.361 e. The predicted molar refractivity (Wildman–Crippen MR) is 75.9 cm³/mol. The Morgan fingerprint density at radius 1 is 1.33 bits per heavy atom. The monoisotopic (exact) mass is 305 g/mol. The van der Waals surface area contributed by atoms with Gasteiger partial charge >= 0.3 is 0 Å². The highest BCUT2D eigenvalue weighted by atomic mass is 32.2. The van der Waals surface area contributed by atoms with Crippen molar-refractivity contribution in [2.45, 2.75) is 32.2 Å². The average molecular weight is 305 g/mol. The van der Waals surface area contributed by atoms with Gasteiger partial charge in [-0.15, -0.1) is 0 Å². The van der Waals surface area contributed by atoms with Crippen LogP contribution in [0.4, 0.5) is 0 Å². The molecular weight excluding hydrogens is 290 g/mol. The number of aromatic nitrogens is 1. The highest BCUT2D eigenvalue weighted by Crippen LogP contribution is 2.18. The van der Waals surface area contributed by atoms with Crippen LogP contribution in [-0.4, -0.2) is 13.6 Å². The second kappa shape index (κ2) is 5.68. The molecule has 0 bridgehead atoms. The zero-order valence-electron chi connectivity index (χ0n) is 12.0. The summed E-state index contributed by atoms with van der Waals surface area (Å²) in [4.78, 5) is 0.105. The second-order valence-electron chi connectivity index (χ2n) is 4.72. The molecule has 1 aromatic heterocycles. The van der Waals surface area contributed by atoms with E-state index in [1.165, 1.54) is 6.07 Å². The van der Waals surface area contributed by atoms with Crippen molar-refractivity contribution in [3.63, 3.8) is 0 Å². The first kappa shape index (κ1) is 15.2. The molecule has 0 amide bonds. The van der Waals surface area contributed by atoms with Crippen LogP contribution in [0.15, 0.2) is 27.6 Å². The van der Waals surface area contributed by atoms with E-state index in [4.69, 9.17) is 9.78 Å². The van der Waals surface area contributed by atoms with Gasteiger partial charge in [0.25, 0.3) is 0 Å². The summed E-state index contributed by atoms with van der Waals surface area (Å²) in [5, 5.41) is 12.7. The predicted octanol–water partition coefficient (Wildman–Crippen LogP) is 1.95. The molecule has 1 heterocycles. The first-order valence-electron chi connectivity index (χ1n) is 6.27. The molecule has 0 aliphatic rings. The van der Waals surface area contributed by atoms with Crippen LogP contribution in [0.3, 0.4) is 0 Å². The molecule has 1 N–H and O–H groups in total. The molecule has 2 rings (SSSR count). The first-order valence-corrected chi connectivity index (χ1v) is 7.75. The molecule has 0 saturated heterocycles. The number of hydrogen-bond acceptors (Lipinski definition) is 5. The van der Waals surface area contributed by atoms with Crippen LogP contribution >= 0.6 is 0 Å². The van der Waals surface area contributed by atoms with Gasteiger partial charge in [0, 0.05) is 12.1 Å². The van der Waals surface area contributed by atoms with E-state index in [-0.39, 0.29) is 11.4 Å². The van der Waals surface area contributed by atoms with Gasteiger partial charge in [-0.05, 0) is 38.5 Å². The minimum absolute atomic E-state index is 0.0969. The summed E-state index contributed by atoms with van der Waals surface area (Å²) in [7, 11) is -3.70. The Kier molecular flexibility index (Phi) is 4.11. The normalized spacial score (nSPS) is 11.3. The van der Waals surface area contributed by atoms with Gasteiger partial charge in [-0.2, -0.15) is 5.26 Å². The molecule has 110 valence electrons. The summed E-state index contributed by atoms with van der Waals surface area (Å²) in [5.74, 6) is 0.581. The smallest absolute Gasteiger partial charge is 0.241 e. The van der Waals surface area contributed by atoms with E-state index in [0.29, 0.717) is 28.1 Å². The Bertz CT molecular complexity index is 797. The van der Waals surface area contributed by atoms with E-state index in [9.17, 15) is 8.42 Å². The zero-order valence-corrected chi connectivity index (χ0v) is 12.8. The molecule has 1 aromatic carbocycles. The third kappa shape index (κ3) is 3.12. The average Bonchev–Trinajstić information content (AvgIpc) is 2.76. The van der Waals surface area contributed by atoms with Crippen molar-refractivity contribution in [3.8, 4) is 6.07 Å². The highest BCUT2D eigenvalue weighted by molar-refractivity contribution is 7.89. The SMILES string of the molecule is Cc1ccc(C#N)cc1S(=O)(=O)NCc1c(C)noc1C. The minimum atomic E-state index is -3.70. The summed E-state index contributed by atoms with van der Waals surface area (Å²) < 4.78 is 32.2. The largest absolute Gasteiger partial charge is 0.361 e. The van der Waals surface area contributed by atoms with E-state index in [2.05, 4.69) is 9.88 Å². The molecule has 7 heteroatoms. The summed E-state index contributed by atoms with van der Waals surface area (Å²) in [6.45, 7) is 5.26. The van der Waals surface area contributed by atoms with Crippen molar-refractivity contribution < 1.29 is 12.9 Å². The van der Waals surface area contributed by atoms with Crippen molar-refractivity contribution in [1.29, 1.82) is 5.26 Å². The second-order valence-corrected chi connectivity index (χ2v) is 6.45. The van der Waals surface area contributed by atoms with Crippen molar-refractivity contribution in [2.75, 3.05) is 0 Å². The maximum atomic E-state index is 12.4. The van der Waals surface area contributed by atoms with Crippen molar-refractivity contribution in [3.05, 3.63) is 46.3 Å². The molecule has 0 fully saturated rings. The van der Waals surface area contributed by atoms with E-state index in [1.54, 1.807) is 32.9 Å². The van der Waals surface area contributed by atoms with Crippen LogP contribution in [0.2, 0.25) is 0 Å². The van der Waals surface area contributed by atoms with E-state index in [1.807, 2.05) is 6.07 Å². The zero-order chi connectivity index (χ0) is 15.6. The molecule has 6 nitrogen and oxygen atoms in total. The van der Waals surface area contributed by atoms with Gasteiger partial charge in [-0.25, -0.2) is 13.1 Å². The van der Waals surface area contributed by atoms with Crippen LogP contribution in [0.5, 0.6) is 0 Å². The standard InChI is InChI=1S/C14H15N3O3S/c1-9-4-5-12(7-15)6-14(9)21(18,19)16-8-13-10(2)17-20-11(13)3/h4-6,16H,8H2,1-3H3. The van der Waals surface area contributed by atoms with Gasteiger partial charge in [0.15, 0.2) is 0 Å². The van der Waals surface area contributed by atoms with Gasteiger partial charge in [-0.1, -0.05) is 11.2 Å². The Hall–Kier alpha value is -2.17. The number of sulfonamides is 1. The number of nitrogens with zero attached hydrogens (tertiary/aromatic N) is 2. The number of nitriles is 1. The molecule has 21 heavy (non-hydrogen) atoms. The fourth-order valence-corrected chi connectivity index (χ4v) is 3.22. The third-order valence-corrected chi connectivity index (χ3v) is 4.77. The summed E-state index contributed by atoms with van der Waals surface area (Å²) >= 11 is 0. The van der Waals surface area contributed by atoms with Crippen LogP contribution in [-0.2, 0) is 16.6 Å². The molecule has 0 aliphatic carbocycles. The molecule has 0 spiro atoms. The summed E-state index contributed by atoms with van der Waals surface area (Å²) in [5.41, 5.74) is 2.25. The fourth-order valence-electron chi connectivity index (χ4n) is 1.96. The summed E-state index contributed by atoms with van der Waals surface area (Å²) in [6, 6.07) is 6.50. The van der Waals surface area contributed by atoms with Crippen molar-refractivity contribution >= 4 is 10.0 Å². The molecule has 0 atom stereocenters. The Labute approximate surface area is 123 Å². The maximum absolute atomic E-state index is 12.4. The quantitative estimate of drug-likeness (QED) is 0.931. The lowest BCUT2D eigenvalue weighted by molar-refractivity contribution is 0.392. The fraction of sp³-hybridized carbons (Fsp3) is 0.286. The molecule has 2 aromatic rings. The number of nitrogens with one attached hydrogen (secondary N) is 1. The van der Waals surface area contributed by atoms with E-state index in [0.717, 1.165) is 0 Å². The molecule has 0 saturated carbocycles. The van der Waals surface area contributed by atoms with Gasteiger partial charge in [-0.3, -0.25) is 0 Å². The molecule has 0 aliphatic heterocycles. The number of aryl methyl sites for hydroxylation is 3. The lowest BCUT2D eigenvalue weighted by atomic mass is 10.2. The topological polar surface area (TPSA) is 96.0 Å². The first-order chi connectivity index (χ1) is 9.85. The van der Waals surface area contributed by atoms with Gasteiger partial charge in [0.2, 0.25) is 10.0 Å². The van der Waals surface area contributed by atoms with Crippen molar-refractivity contribution in [2.24, 2.45) is 0 Å². The van der Waals surface area contributed by atoms with Crippen LogP contribution in [0.25, 0.3) is 0 Å². The Morgan fingerprint density at radius 3 is 2.62 bits per heavy atom. The number of benzene rings is 1. The third-order valence-electron chi connectivity index (χ3n) is 3.23. The summed E-state index contributed by atoms with van der Waals surface area (Å²) in [6.07, 6.45) is 0. The van der Waals surface area contributed by atoms with Crippen LogP contribution in [0, 0.1) is 32.1 Å². The molecule has 0 radical (unpaired) electrons. The van der Waals surface area contributed by atoms with E-state index < -0.39 is 10.0 Å². The number of hydrogen-bond donors (Lipinski definition) is 1. The van der Waals surface area contributed by atoms with Gasteiger partial charge in [0.1, 0.15) is 5.76 Å². The van der Waals surface area contributed by atoms with Gasteiger partial charge in [0.05, 0.1) is 22.2 Å².